The van der Waals surface area contributed by atoms with Crippen LogP contribution in [0.1, 0.15) is 22.5 Å². The van der Waals surface area contributed by atoms with Crippen molar-refractivity contribution in [1.82, 2.24) is 5.43 Å². The second-order valence-electron chi connectivity index (χ2n) is 6.58. The largest absolute Gasteiger partial charge is 0.483 e. The van der Waals surface area contributed by atoms with Crippen LogP contribution in [0.4, 0.5) is 13.2 Å². The maximum absolute atomic E-state index is 12.8. The van der Waals surface area contributed by atoms with E-state index in [4.69, 9.17) is 9.15 Å². The number of para-hydroxylation sites is 1. The quantitative estimate of drug-likeness (QED) is 0.449. The lowest BCUT2D eigenvalue weighted by atomic mass is 10.1. The van der Waals surface area contributed by atoms with Gasteiger partial charge in [-0.3, -0.25) is 4.79 Å². The standard InChI is InChI=1S/C22H19F3N2O3/c1-14-5-3-6-15(2)21(14)29-13-20(28)27-26-12-18-9-10-19(30-18)16-7-4-8-17(11-16)22(23,24)25/h3-12H,13H2,1-2H3,(H,27,28). The van der Waals surface area contributed by atoms with E-state index in [0.717, 1.165) is 23.3 Å². The number of rotatable bonds is 6. The van der Waals surface area contributed by atoms with Crippen LogP contribution in [0, 0.1) is 13.8 Å². The lowest BCUT2D eigenvalue weighted by Crippen LogP contribution is -2.24. The van der Waals surface area contributed by atoms with E-state index in [1.165, 1.54) is 24.4 Å². The summed E-state index contributed by atoms with van der Waals surface area (Å²) in [6.45, 7) is 3.56. The fourth-order valence-corrected chi connectivity index (χ4v) is 2.79. The third kappa shape index (κ3) is 5.28. The molecule has 0 spiro atoms. The molecule has 1 amide bonds. The summed E-state index contributed by atoms with van der Waals surface area (Å²) in [5.74, 6) is 0.720. The smallest absolute Gasteiger partial charge is 0.416 e. The second kappa shape index (κ2) is 8.86. The molecule has 0 saturated heterocycles. The third-order valence-electron chi connectivity index (χ3n) is 4.24. The number of benzene rings is 2. The number of alkyl halides is 3. The Morgan fingerprint density at radius 2 is 1.80 bits per heavy atom. The fraction of sp³-hybridized carbons (Fsp3) is 0.182. The number of carbonyl (C=O) groups is 1. The summed E-state index contributed by atoms with van der Waals surface area (Å²) >= 11 is 0. The molecule has 0 radical (unpaired) electrons. The van der Waals surface area contributed by atoms with E-state index in [0.29, 0.717) is 5.75 Å². The summed E-state index contributed by atoms with van der Waals surface area (Å²) in [5, 5.41) is 3.78. The van der Waals surface area contributed by atoms with Crippen LogP contribution in [0.25, 0.3) is 11.3 Å². The van der Waals surface area contributed by atoms with Gasteiger partial charge in [0.2, 0.25) is 0 Å². The normalized spacial score (nSPS) is 11.6. The number of aryl methyl sites for hydroxylation is 2. The van der Waals surface area contributed by atoms with Crippen LogP contribution >= 0.6 is 0 Å². The summed E-state index contributed by atoms with van der Waals surface area (Å²) in [7, 11) is 0. The molecule has 0 fully saturated rings. The third-order valence-corrected chi connectivity index (χ3v) is 4.24. The van der Waals surface area contributed by atoms with Crippen molar-refractivity contribution in [3.8, 4) is 17.1 Å². The summed E-state index contributed by atoms with van der Waals surface area (Å²) in [6, 6.07) is 13.6. The Bertz CT molecular complexity index is 1050. The zero-order chi connectivity index (χ0) is 21.7. The van der Waals surface area contributed by atoms with Crippen molar-refractivity contribution >= 4 is 12.1 Å². The van der Waals surface area contributed by atoms with Crippen LogP contribution in [-0.4, -0.2) is 18.7 Å². The van der Waals surface area contributed by atoms with Crippen molar-refractivity contribution in [2.75, 3.05) is 6.61 Å². The van der Waals surface area contributed by atoms with E-state index in [9.17, 15) is 18.0 Å². The van der Waals surface area contributed by atoms with E-state index in [-0.39, 0.29) is 23.7 Å². The molecule has 0 saturated carbocycles. The second-order valence-corrected chi connectivity index (χ2v) is 6.58. The van der Waals surface area contributed by atoms with Gasteiger partial charge in [-0.2, -0.15) is 18.3 Å². The van der Waals surface area contributed by atoms with Crippen molar-refractivity contribution in [1.29, 1.82) is 0 Å². The van der Waals surface area contributed by atoms with Gasteiger partial charge in [0.05, 0.1) is 11.8 Å². The molecule has 8 heteroatoms. The Morgan fingerprint density at radius 1 is 1.10 bits per heavy atom. The molecular weight excluding hydrogens is 397 g/mol. The van der Waals surface area contributed by atoms with Crippen molar-refractivity contribution in [3.05, 3.63) is 77.0 Å². The molecule has 156 valence electrons. The first-order valence-corrected chi connectivity index (χ1v) is 9.02. The van der Waals surface area contributed by atoms with Gasteiger partial charge in [-0.1, -0.05) is 30.3 Å². The first kappa shape index (κ1) is 21.2. The number of hydrogen-bond donors (Lipinski definition) is 1. The molecule has 0 aliphatic rings. The Kier molecular flexibility index (Phi) is 6.25. The van der Waals surface area contributed by atoms with Crippen LogP contribution in [0.2, 0.25) is 0 Å². The SMILES string of the molecule is Cc1cccc(C)c1OCC(=O)NN=Cc1ccc(-c2cccc(C(F)(F)F)c2)o1. The van der Waals surface area contributed by atoms with Gasteiger partial charge in [-0.05, 0) is 49.2 Å². The van der Waals surface area contributed by atoms with Gasteiger partial charge in [0, 0.05) is 5.56 Å². The van der Waals surface area contributed by atoms with Gasteiger partial charge < -0.3 is 9.15 Å². The zero-order valence-corrected chi connectivity index (χ0v) is 16.3. The highest BCUT2D eigenvalue weighted by atomic mass is 19.4. The maximum atomic E-state index is 12.8. The number of hydrogen-bond acceptors (Lipinski definition) is 4. The molecule has 5 nitrogen and oxygen atoms in total. The maximum Gasteiger partial charge on any atom is 0.416 e. The van der Waals surface area contributed by atoms with E-state index in [1.54, 1.807) is 6.07 Å². The molecule has 0 atom stereocenters. The summed E-state index contributed by atoms with van der Waals surface area (Å²) in [4.78, 5) is 11.9. The number of nitrogens with zero attached hydrogens (tertiary/aromatic N) is 1. The molecule has 2 aromatic carbocycles. The summed E-state index contributed by atoms with van der Waals surface area (Å²) in [5.41, 5.74) is 3.68. The number of amides is 1. The van der Waals surface area contributed by atoms with Crippen LogP contribution in [0.3, 0.4) is 0 Å². The zero-order valence-electron chi connectivity index (χ0n) is 16.3. The first-order chi connectivity index (χ1) is 14.2. The van der Waals surface area contributed by atoms with E-state index < -0.39 is 17.6 Å². The minimum Gasteiger partial charge on any atom is -0.483 e. The average molecular weight is 416 g/mol. The highest BCUT2D eigenvalue weighted by molar-refractivity contribution is 5.81. The molecule has 1 heterocycles. The molecule has 0 unspecified atom stereocenters. The Morgan fingerprint density at radius 3 is 2.50 bits per heavy atom. The van der Waals surface area contributed by atoms with Gasteiger partial charge in [0.1, 0.15) is 17.3 Å². The van der Waals surface area contributed by atoms with Gasteiger partial charge in [0.15, 0.2) is 6.61 Å². The van der Waals surface area contributed by atoms with Crippen LogP contribution in [-0.2, 0) is 11.0 Å². The molecular formula is C22H19F3N2O3. The van der Waals surface area contributed by atoms with Gasteiger partial charge >= 0.3 is 6.18 Å². The van der Waals surface area contributed by atoms with E-state index >= 15 is 0 Å². The number of nitrogens with one attached hydrogen (secondary N) is 1. The Hall–Kier alpha value is -3.55. The van der Waals surface area contributed by atoms with Crippen molar-refractivity contribution in [3.63, 3.8) is 0 Å². The number of halogens is 3. The predicted molar refractivity (Wildman–Crippen MR) is 106 cm³/mol. The fourth-order valence-electron chi connectivity index (χ4n) is 2.79. The molecule has 30 heavy (non-hydrogen) atoms. The monoisotopic (exact) mass is 416 g/mol. The van der Waals surface area contributed by atoms with Gasteiger partial charge in [-0.25, -0.2) is 5.43 Å². The number of hydrazone groups is 1. The van der Waals surface area contributed by atoms with Crippen LogP contribution in [0.15, 0.2) is 64.1 Å². The molecule has 1 aromatic heterocycles. The minimum absolute atomic E-state index is 0.212. The van der Waals surface area contributed by atoms with E-state index in [1.807, 2.05) is 32.0 Å². The molecule has 0 bridgehead atoms. The lowest BCUT2D eigenvalue weighted by Gasteiger charge is -2.10. The molecule has 0 aliphatic heterocycles. The Balaban J connectivity index is 1.58. The summed E-state index contributed by atoms with van der Waals surface area (Å²) in [6.07, 6.45) is -3.18. The molecule has 3 rings (SSSR count). The number of carbonyl (C=O) groups excluding carboxylic acids is 1. The lowest BCUT2D eigenvalue weighted by molar-refractivity contribution is -0.137. The highest BCUT2D eigenvalue weighted by Crippen LogP contribution is 2.32. The minimum atomic E-state index is -4.43. The van der Waals surface area contributed by atoms with Crippen molar-refractivity contribution < 1.29 is 27.1 Å². The summed E-state index contributed by atoms with van der Waals surface area (Å²) < 4.78 is 49.5. The topological polar surface area (TPSA) is 63.8 Å². The number of ether oxygens (including phenoxy) is 1. The predicted octanol–water partition coefficient (Wildman–Crippen LogP) is 5.11. The molecule has 1 N–H and O–H groups in total. The van der Waals surface area contributed by atoms with Gasteiger partial charge in [-0.15, -0.1) is 0 Å². The molecule has 3 aromatic rings. The van der Waals surface area contributed by atoms with Crippen LogP contribution in [0.5, 0.6) is 5.75 Å². The average Bonchev–Trinajstić information content (AvgIpc) is 3.16. The van der Waals surface area contributed by atoms with Crippen molar-refractivity contribution in [2.45, 2.75) is 20.0 Å². The molecule has 0 aliphatic carbocycles. The van der Waals surface area contributed by atoms with Crippen molar-refractivity contribution in [2.24, 2.45) is 5.10 Å². The first-order valence-electron chi connectivity index (χ1n) is 9.02. The van der Waals surface area contributed by atoms with Crippen LogP contribution < -0.4 is 10.2 Å². The number of furan rings is 1. The highest BCUT2D eigenvalue weighted by Gasteiger charge is 2.30. The van der Waals surface area contributed by atoms with Gasteiger partial charge in [0.25, 0.3) is 5.91 Å². The van der Waals surface area contributed by atoms with E-state index in [2.05, 4.69) is 10.5 Å². The Labute approximate surface area is 171 Å².